The van der Waals surface area contributed by atoms with Gasteiger partial charge in [-0.3, -0.25) is 18.7 Å². The number of benzene rings is 1. The van der Waals surface area contributed by atoms with Crippen LogP contribution in [0.2, 0.25) is 0 Å². The molecule has 0 saturated heterocycles. The number of rotatable bonds is 4. The van der Waals surface area contributed by atoms with Crippen molar-refractivity contribution in [1.29, 1.82) is 0 Å². The molecule has 1 heterocycles. The minimum Gasteiger partial charge on any atom is -0.480 e. The van der Waals surface area contributed by atoms with E-state index >= 15 is 0 Å². The largest absolute Gasteiger partial charge is 0.480 e. The van der Waals surface area contributed by atoms with Gasteiger partial charge in [0.25, 0.3) is 5.91 Å². The van der Waals surface area contributed by atoms with Crippen LogP contribution in [0.3, 0.4) is 0 Å². The number of carboxylic acids is 1. The normalized spacial score (nSPS) is 20.1. The van der Waals surface area contributed by atoms with E-state index in [1.165, 1.54) is 6.92 Å². The molecule has 0 radical (unpaired) electrons. The summed E-state index contributed by atoms with van der Waals surface area (Å²) in [5.74, 6) is -1.78. The molecule has 1 aliphatic rings. The fraction of sp³-hybridized carbons (Fsp3) is 0.375. The van der Waals surface area contributed by atoms with Crippen LogP contribution < -0.4 is 5.32 Å². The summed E-state index contributed by atoms with van der Waals surface area (Å²) in [6, 6.07) is 7.42. The summed E-state index contributed by atoms with van der Waals surface area (Å²) in [5, 5.41) is 11.7. The van der Waals surface area contributed by atoms with Crippen LogP contribution in [-0.4, -0.2) is 42.0 Å². The van der Waals surface area contributed by atoms with E-state index in [2.05, 4.69) is 5.32 Å². The van der Waals surface area contributed by atoms with Crippen molar-refractivity contribution in [1.82, 2.24) is 9.62 Å². The maximum absolute atomic E-state index is 12.8. The van der Waals surface area contributed by atoms with Crippen LogP contribution in [0.1, 0.15) is 33.3 Å². The predicted molar refractivity (Wildman–Crippen MR) is 93.0 cm³/mol. The van der Waals surface area contributed by atoms with Crippen molar-refractivity contribution in [3.05, 3.63) is 41.6 Å². The molecule has 2 rings (SSSR count). The first-order valence-electron chi connectivity index (χ1n) is 7.40. The molecular formula is C16H22N2O5S. The van der Waals surface area contributed by atoms with Gasteiger partial charge in [0, 0.05) is 5.56 Å². The lowest BCUT2D eigenvalue weighted by molar-refractivity contribution is -0.138. The number of nitrogens with zero attached hydrogens (tertiary/aromatic N) is 1. The highest BCUT2D eigenvalue weighted by Gasteiger charge is 2.49. The fourth-order valence-electron chi connectivity index (χ4n) is 2.53. The van der Waals surface area contributed by atoms with Crippen LogP contribution in [-0.2, 0) is 9.59 Å². The molecule has 4 N–H and O–H groups in total. The zero-order valence-electron chi connectivity index (χ0n) is 14.0. The summed E-state index contributed by atoms with van der Waals surface area (Å²) in [6.07, 6.45) is 0. The number of aliphatic carboxylic acids is 1. The third-order valence-corrected chi connectivity index (χ3v) is 5.74. The maximum atomic E-state index is 12.8. The molecule has 1 unspecified atom stereocenters. The summed E-state index contributed by atoms with van der Waals surface area (Å²) < 4.78 is 22.6. The molecule has 0 saturated carbocycles. The van der Waals surface area contributed by atoms with Gasteiger partial charge in [-0.05, 0) is 27.7 Å². The quantitative estimate of drug-likeness (QED) is 0.662. The highest BCUT2D eigenvalue weighted by molar-refractivity contribution is 8.31. The van der Waals surface area contributed by atoms with Crippen LogP contribution in [0.4, 0.5) is 0 Å². The summed E-state index contributed by atoms with van der Waals surface area (Å²) in [6.45, 7) is 6.44. The second kappa shape index (κ2) is 6.12. The number of hydrogen-bond donors (Lipinski definition) is 4. The SMILES string of the molecule is CC(NC1=C(c2ccccc2)S(O)(O)N(C(C)(C)C)C1=O)C(=O)O. The van der Waals surface area contributed by atoms with Crippen molar-refractivity contribution >= 4 is 27.6 Å². The molecule has 132 valence electrons. The Balaban J connectivity index is 2.64. The first-order valence-corrected chi connectivity index (χ1v) is 8.90. The van der Waals surface area contributed by atoms with E-state index in [0.29, 0.717) is 5.56 Å². The zero-order chi connectivity index (χ0) is 18.3. The van der Waals surface area contributed by atoms with E-state index in [4.69, 9.17) is 5.11 Å². The molecule has 24 heavy (non-hydrogen) atoms. The summed E-state index contributed by atoms with van der Waals surface area (Å²) in [7, 11) is -3.60. The van der Waals surface area contributed by atoms with Gasteiger partial charge in [0.05, 0.1) is 5.54 Å². The number of hydrogen-bond acceptors (Lipinski definition) is 5. The van der Waals surface area contributed by atoms with Crippen molar-refractivity contribution in [2.45, 2.75) is 39.3 Å². The fourth-order valence-corrected chi connectivity index (χ4v) is 4.67. The molecule has 1 amide bonds. The molecule has 7 nitrogen and oxygen atoms in total. The minimum absolute atomic E-state index is 0.0242. The average molecular weight is 354 g/mol. The lowest BCUT2D eigenvalue weighted by Crippen LogP contribution is -2.46. The van der Waals surface area contributed by atoms with Gasteiger partial charge in [0.2, 0.25) is 0 Å². The number of amides is 1. The highest BCUT2D eigenvalue weighted by atomic mass is 32.3. The molecule has 1 aromatic carbocycles. The van der Waals surface area contributed by atoms with Gasteiger partial charge < -0.3 is 10.4 Å². The molecule has 0 spiro atoms. The maximum Gasteiger partial charge on any atom is 0.325 e. The van der Waals surface area contributed by atoms with Gasteiger partial charge in [-0.25, -0.2) is 4.31 Å². The van der Waals surface area contributed by atoms with Crippen LogP contribution in [0.25, 0.3) is 4.91 Å². The monoisotopic (exact) mass is 354 g/mol. The Hall–Kier alpha value is -2.03. The van der Waals surface area contributed by atoms with E-state index in [-0.39, 0.29) is 10.6 Å². The van der Waals surface area contributed by atoms with Gasteiger partial charge in [-0.2, -0.15) is 0 Å². The van der Waals surface area contributed by atoms with Crippen molar-refractivity contribution in [3.63, 3.8) is 0 Å². The molecule has 1 atom stereocenters. The van der Waals surface area contributed by atoms with Crippen LogP contribution in [0.5, 0.6) is 0 Å². The van der Waals surface area contributed by atoms with Crippen LogP contribution in [0, 0.1) is 0 Å². The second-order valence-electron chi connectivity index (χ2n) is 6.56. The van der Waals surface area contributed by atoms with Crippen LogP contribution >= 0.6 is 10.8 Å². The molecule has 1 aromatic rings. The summed E-state index contributed by atoms with van der Waals surface area (Å²) in [4.78, 5) is 24.0. The Morgan fingerprint density at radius 3 is 2.21 bits per heavy atom. The lowest BCUT2D eigenvalue weighted by atomic mass is 10.1. The Morgan fingerprint density at radius 2 is 1.75 bits per heavy atom. The third-order valence-electron chi connectivity index (χ3n) is 3.53. The average Bonchev–Trinajstić information content (AvgIpc) is 2.65. The molecule has 0 aliphatic carbocycles. The highest BCUT2D eigenvalue weighted by Crippen LogP contribution is 2.63. The third kappa shape index (κ3) is 3.12. The number of carbonyl (C=O) groups is 2. The first kappa shape index (κ1) is 18.3. The zero-order valence-corrected chi connectivity index (χ0v) is 14.8. The minimum atomic E-state index is -3.60. The van der Waals surface area contributed by atoms with Gasteiger partial charge in [-0.15, -0.1) is 0 Å². The van der Waals surface area contributed by atoms with E-state index in [1.54, 1.807) is 51.1 Å². The Labute approximate surface area is 142 Å². The molecule has 0 bridgehead atoms. The Kier molecular flexibility index (Phi) is 4.67. The molecule has 0 aromatic heterocycles. The molecule has 0 fully saturated rings. The van der Waals surface area contributed by atoms with Gasteiger partial charge >= 0.3 is 5.97 Å². The summed E-state index contributed by atoms with van der Waals surface area (Å²) >= 11 is 0. The van der Waals surface area contributed by atoms with Crippen molar-refractivity contribution < 1.29 is 23.8 Å². The predicted octanol–water partition coefficient (Wildman–Crippen LogP) is 2.72. The smallest absolute Gasteiger partial charge is 0.325 e. The molecule has 8 heteroatoms. The Morgan fingerprint density at radius 1 is 1.21 bits per heavy atom. The van der Waals surface area contributed by atoms with E-state index in [0.717, 1.165) is 4.31 Å². The van der Waals surface area contributed by atoms with E-state index in [1.807, 2.05) is 0 Å². The van der Waals surface area contributed by atoms with Gasteiger partial charge in [0.1, 0.15) is 16.6 Å². The van der Waals surface area contributed by atoms with Crippen molar-refractivity contribution in [2.24, 2.45) is 0 Å². The standard InChI is InChI=1S/C16H22N2O5S/c1-10(15(20)21)17-12-13(11-8-6-5-7-9-11)24(22,23)18(14(12)19)16(2,3)4/h5-10,17,22-23H,1-4H3,(H,20,21). The number of carbonyl (C=O) groups excluding carboxylic acids is 1. The van der Waals surface area contributed by atoms with E-state index in [9.17, 15) is 18.7 Å². The summed E-state index contributed by atoms with van der Waals surface area (Å²) in [5.41, 5.74) is -0.491. The van der Waals surface area contributed by atoms with Crippen molar-refractivity contribution in [2.75, 3.05) is 0 Å². The van der Waals surface area contributed by atoms with Crippen LogP contribution in [0.15, 0.2) is 36.0 Å². The van der Waals surface area contributed by atoms with Crippen molar-refractivity contribution in [3.8, 4) is 0 Å². The van der Waals surface area contributed by atoms with Gasteiger partial charge in [-0.1, -0.05) is 41.1 Å². The number of nitrogens with one attached hydrogen (secondary N) is 1. The van der Waals surface area contributed by atoms with Gasteiger partial charge in [0.15, 0.2) is 0 Å². The Bertz CT molecular complexity index is 694. The molecule has 1 aliphatic heterocycles. The van der Waals surface area contributed by atoms with E-state index < -0.39 is 34.2 Å². The first-order chi connectivity index (χ1) is 11.0. The topological polar surface area (TPSA) is 110 Å². The number of carboxylic acid groups (broad SMARTS) is 1. The molecular weight excluding hydrogens is 332 g/mol. The lowest BCUT2D eigenvalue weighted by Gasteiger charge is -2.45. The second-order valence-corrected chi connectivity index (χ2v) is 8.37.